The summed E-state index contributed by atoms with van der Waals surface area (Å²) in [5.41, 5.74) is 3.17. The molecular formula is C23H25N3O3. The quantitative estimate of drug-likeness (QED) is 0.529. The topological polar surface area (TPSA) is 72.5 Å². The zero-order chi connectivity index (χ0) is 20.5. The molecule has 6 nitrogen and oxygen atoms in total. The molecule has 3 aromatic rings. The Bertz CT molecular complexity index is 928. The Morgan fingerprint density at radius 2 is 1.69 bits per heavy atom. The van der Waals surface area contributed by atoms with Crippen LogP contribution in [0.5, 0.6) is 11.5 Å². The molecule has 1 aromatic heterocycles. The molecule has 0 fully saturated rings. The molecule has 1 heterocycles. The molecule has 0 unspecified atom stereocenters. The lowest BCUT2D eigenvalue weighted by Gasteiger charge is -2.11. The molecule has 0 atom stereocenters. The number of hydrogen-bond donors (Lipinski definition) is 2. The second kappa shape index (κ2) is 10.1. The highest BCUT2D eigenvalue weighted by molar-refractivity contribution is 6.03. The van der Waals surface area contributed by atoms with E-state index in [1.165, 1.54) is 5.56 Å². The van der Waals surface area contributed by atoms with E-state index in [9.17, 15) is 4.79 Å². The molecule has 150 valence electrons. The highest BCUT2D eigenvalue weighted by Crippen LogP contribution is 2.29. The number of aromatic nitrogens is 1. The van der Waals surface area contributed by atoms with E-state index in [1.807, 2.05) is 12.1 Å². The normalized spacial score (nSPS) is 10.3. The first-order valence-electron chi connectivity index (χ1n) is 9.47. The maximum absolute atomic E-state index is 12.4. The molecule has 2 aromatic carbocycles. The number of carbonyl (C=O) groups excluding carboxylic acids is 1. The zero-order valence-electron chi connectivity index (χ0n) is 16.6. The van der Waals surface area contributed by atoms with Gasteiger partial charge in [-0.1, -0.05) is 30.3 Å². The van der Waals surface area contributed by atoms with E-state index in [1.54, 1.807) is 44.7 Å². The number of pyridine rings is 1. The molecule has 6 heteroatoms. The van der Waals surface area contributed by atoms with E-state index in [0.717, 1.165) is 25.1 Å². The maximum Gasteiger partial charge on any atom is 0.274 e. The summed E-state index contributed by atoms with van der Waals surface area (Å²) >= 11 is 0. The maximum atomic E-state index is 12.4. The van der Waals surface area contributed by atoms with Gasteiger partial charge in [0, 0.05) is 18.3 Å². The van der Waals surface area contributed by atoms with E-state index in [0.29, 0.717) is 22.9 Å². The third-order valence-corrected chi connectivity index (χ3v) is 4.45. The van der Waals surface area contributed by atoms with Crippen molar-refractivity contribution < 1.29 is 14.3 Å². The molecule has 0 saturated heterocycles. The van der Waals surface area contributed by atoms with Crippen LogP contribution in [0.4, 0.5) is 11.4 Å². The van der Waals surface area contributed by atoms with Crippen molar-refractivity contribution in [3.8, 4) is 11.5 Å². The number of anilines is 2. The van der Waals surface area contributed by atoms with E-state index in [2.05, 4.69) is 39.9 Å². The van der Waals surface area contributed by atoms with Crippen molar-refractivity contribution in [3.05, 3.63) is 78.1 Å². The number of nitrogens with zero attached hydrogens (tertiary/aromatic N) is 1. The fourth-order valence-corrected chi connectivity index (χ4v) is 2.91. The summed E-state index contributed by atoms with van der Waals surface area (Å²) in [7, 11) is 3.12. The molecule has 2 N–H and O–H groups in total. The SMILES string of the molecule is COc1ccc(NC(=O)c2ccc(NCCCc3ccccc3)cn2)cc1OC. The number of rotatable bonds is 9. The highest BCUT2D eigenvalue weighted by atomic mass is 16.5. The van der Waals surface area contributed by atoms with Crippen LogP contribution in [-0.2, 0) is 6.42 Å². The van der Waals surface area contributed by atoms with Crippen molar-refractivity contribution >= 4 is 17.3 Å². The molecule has 0 saturated carbocycles. The number of carbonyl (C=O) groups is 1. The fraction of sp³-hybridized carbons (Fsp3) is 0.217. The number of aryl methyl sites for hydroxylation is 1. The van der Waals surface area contributed by atoms with Gasteiger partial charge in [0.05, 0.1) is 26.1 Å². The van der Waals surface area contributed by atoms with E-state index in [-0.39, 0.29) is 5.91 Å². The molecule has 0 aliphatic carbocycles. The van der Waals surface area contributed by atoms with Crippen LogP contribution in [0.15, 0.2) is 66.9 Å². The van der Waals surface area contributed by atoms with Gasteiger partial charge in [-0.2, -0.15) is 0 Å². The lowest BCUT2D eigenvalue weighted by molar-refractivity contribution is 0.102. The predicted octanol–water partition coefficient (Wildman–Crippen LogP) is 4.40. The van der Waals surface area contributed by atoms with Crippen LogP contribution in [0.1, 0.15) is 22.5 Å². The van der Waals surface area contributed by atoms with Crippen molar-refractivity contribution in [2.45, 2.75) is 12.8 Å². The van der Waals surface area contributed by atoms with Crippen LogP contribution >= 0.6 is 0 Å². The van der Waals surface area contributed by atoms with Crippen molar-refractivity contribution in [2.75, 3.05) is 31.4 Å². The molecule has 0 bridgehead atoms. The van der Waals surface area contributed by atoms with Crippen LogP contribution in [0.25, 0.3) is 0 Å². The van der Waals surface area contributed by atoms with E-state index in [4.69, 9.17) is 9.47 Å². The summed E-state index contributed by atoms with van der Waals surface area (Å²) in [5.74, 6) is 0.868. The summed E-state index contributed by atoms with van der Waals surface area (Å²) in [6.45, 7) is 0.841. The predicted molar refractivity (Wildman–Crippen MR) is 115 cm³/mol. The lowest BCUT2D eigenvalue weighted by atomic mass is 10.1. The van der Waals surface area contributed by atoms with Gasteiger partial charge in [-0.05, 0) is 42.7 Å². The molecule has 0 aliphatic rings. The fourth-order valence-electron chi connectivity index (χ4n) is 2.91. The Morgan fingerprint density at radius 1 is 0.931 bits per heavy atom. The van der Waals surface area contributed by atoms with E-state index < -0.39 is 0 Å². The molecule has 3 rings (SSSR count). The number of nitrogens with one attached hydrogen (secondary N) is 2. The van der Waals surface area contributed by atoms with Crippen LogP contribution < -0.4 is 20.1 Å². The minimum absolute atomic E-state index is 0.284. The minimum atomic E-state index is -0.284. The third-order valence-electron chi connectivity index (χ3n) is 4.45. The first kappa shape index (κ1) is 20.2. The Hall–Kier alpha value is -3.54. The Labute approximate surface area is 170 Å². The van der Waals surface area contributed by atoms with Gasteiger partial charge in [0.1, 0.15) is 5.69 Å². The summed E-state index contributed by atoms with van der Waals surface area (Å²) < 4.78 is 10.5. The number of benzene rings is 2. The van der Waals surface area contributed by atoms with Crippen molar-refractivity contribution in [1.29, 1.82) is 0 Å². The van der Waals surface area contributed by atoms with Gasteiger partial charge < -0.3 is 20.1 Å². The monoisotopic (exact) mass is 391 g/mol. The molecular weight excluding hydrogens is 366 g/mol. The second-order valence-electron chi connectivity index (χ2n) is 6.47. The van der Waals surface area contributed by atoms with Gasteiger partial charge in [-0.25, -0.2) is 4.98 Å². The molecule has 1 amide bonds. The van der Waals surface area contributed by atoms with Gasteiger partial charge in [-0.15, -0.1) is 0 Å². The minimum Gasteiger partial charge on any atom is -0.493 e. The summed E-state index contributed by atoms with van der Waals surface area (Å²) in [6, 6.07) is 19.2. The van der Waals surface area contributed by atoms with Crippen molar-refractivity contribution in [2.24, 2.45) is 0 Å². The Balaban J connectivity index is 1.51. The largest absolute Gasteiger partial charge is 0.493 e. The average molecular weight is 391 g/mol. The molecule has 29 heavy (non-hydrogen) atoms. The van der Waals surface area contributed by atoms with Crippen LogP contribution in [0, 0.1) is 0 Å². The summed E-state index contributed by atoms with van der Waals surface area (Å²) in [6.07, 6.45) is 3.71. The number of methoxy groups -OCH3 is 2. The van der Waals surface area contributed by atoms with Gasteiger partial charge in [0.2, 0.25) is 0 Å². The van der Waals surface area contributed by atoms with Crippen LogP contribution in [0.3, 0.4) is 0 Å². The highest BCUT2D eigenvalue weighted by Gasteiger charge is 2.10. The van der Waals surface area contributed by atoms with Gasteiger partial charge in [0.25, 0.3) is 5.91 Å². The molecule has 0 radical (unpaired) electrons. The average Bonchev–Trinajstić information content (AvgIpc) is 2.77. The van der Waals surface area contributed by atoms with Crippen molar-refractivity contribution in [3.63, 3.8) is 0 Å². The molecule has 0 spiro atoms. The number of ether oxygens (including phenoxy) is 2. The number of amides is 1. The van der Waals surface area contributed by atoms with Crippen LogP contribution in [0.2, 0.25) is 0 Å². The number of hydrogen-bond acceptors (Lipinski definition) is 5. The molecule has 0 aliphatic heterocycles. The van der Waals surface area contributed by atoms with E-state index >= 15 is 0 Å². The Kier molecular flexibility index (Phi) is 7.05. The van der Waals surface area contributed by atoms with Gasteiger partial charge >= 0.3 is 0 Å². The third kappa shape index (κ3) is 5.72. The first-order valence-corrected chi connectivity index (χ1v) is 9.47. The van der Waals surface area contributed by atoms with Crippen molar-refractivity contribution in [1.82, 2.24) is 4.98 Å². The van der Waals surface area contributed by atoms with Gasteiger partial charge in [-0.3, -0.25) is 4.79 Å². The zero-order valence-corrected chi connectivity index (χ0v) is 16.6. The van der Waals surface area contributed by atoms with Gasteiger partial charge in [0.15, 0.2) is 11.5 Å². The smallest absolute Gasteiger partial charge is 0.274 e. The Morgan fingerprint density at radius 3 is 2.38 bits per heavy atom. The standard InChI is InChI=1S/C23H25N3O3/c1-28-21-13-11-18(15-22(21)29-2)26-23(27)20-12-10-19(16-25-20)24-14-6-9-17-7-4-3-5-8-17/h3-5,7-8,10-13,15-16,24H,6,9,14H2,1-2H3,(H,26,27). The summed E-state index contributed by atoms with van der Waals surface area (Å²) in [5, 5.41) is 6.15. The first-order chi connectivity index (χ1) is 14.2. The second-order valence-corrected chi connectivity index (χ2v) is 6.47. The summed E-state index contributed by atoms with van der Waals surface area (Å²) in [4.78, 5) is 16.7. The lowest BCUT2D eigenvalue weighted by Crippen LogP contribution is -2.14. The van der Waals surface area contributed by atoms with Crippen LogP contribution in [-0.4, -0.2) is 31.7 Å².